The summed E-state index contributed by atoms with van der Waals surface area (Å²) < 4.78 is 39.8. The highest BCUT2D eigenvalue weighted by atomic mass is 35.5. The van der Waals surface area contributed by atoms with Crippen molar-refractivity contribution in [1.29, 1.82) is 0 Å². The highest BCUT2D eigenvalue weighted by Crippen LogP contribution is 2.33. The number of halogens is 4. The predicted octanol–water partition coefficient (Wildman–Crippen LogP) is 3.46. The summed E-state index contributed by atoms with van der Waals surface area (Å²) in [4.78, 5) is 14.5. The molecule has 128 valence electrons. The van der Waals surface area contributed by atoms with Crippen LogP contribution in [0.5, 0.6) is 0 Å². The molecule has 0 fully saturated rings. The molecule has 0 N–H and O–H groups in total. The van der Waals surface area contributed by atoms with Crippen LogP contribution in [0, 0.1) is 0 Å². The van der Waals surface area contributed by atoms with Crippen LogP contribution in [-0.2, 0) is 11.0 Å². The van der Waals surface area contributed by atoms with Crippen molar-refractivity contribution in [1.82, 2.24) is 9.55 Å². The standard InChI is InChI=1S/C17H10ClF3N2O2/c18-13-7-11(17(19,20)21)8-22-16(13)23-9-10(5-6-15(24)25)12-3-1-2-4-14(12)23/h1-9H,(H,24,25)/p-1/b6-5+. The van der Waals surface area contributed by atoms with Gasteiger partial charge in [-0.15, -0.1) is 0 Å². The second-order valence-corrected chi connectivity index (χ2v) is 5.56. The first-order chi connectivity index (χ1) is 11.8. The number of benzene rings is 1. The molecule has 0 radical (unpaired) electrons. The number of aromatic nitrogens is 2. The average molecular weight is 366 g/mol. The van der Waals surface area contributed by atoms with Gasteiger partial charge in [-0.1, -0.05) is 35.9 Å². The number of alkyl halides is 3. The molecule has 2 heterocycles. The molecule has 25 heavy (non-hydrogen) atoms. The van der Waals surface area contributed by atoms with Gasteiger partial charge < -0.3 is 9.90 Å². The first-order valence-electron chi connectivity index (χ1n) is 6.99. The molecule has 0 spiro atoms. The van der Waals surface area contributed by atoms with Crippen LogP contribution in [-0.4, -0.2) is 15.5 Å². The Kier molecular flexibility index (Phi) is 4.26. The Morgan fingerprint density at radius 3 is 2.64 bits per heavy atom. The normalized spacial score (nSPS) is 12.2. The van der Waals surface area contributed by atoms with E-state index in [1.165, 1.54) is 10.6 Å². The fourth-order valence-corrected chi connectivity index (χ4v) is 2.69. The van der Waals surface area contributed by atoms with Crippen LogP contribution in [0.15, 0.2) is 48.8 Å². The summed E-state index contributed by atoms with van der Waals surface area (Å²) in [5.74, 6) is -1.25. The van der Waals surface area contributed by atoms with E-state index in [4.69, 9.17) is 11.6 Å². The van der Waals surface area contributed by atoms with Gasteiger partial charge in [0.25, 0.3) is 0 Å². The number of nitrogens with zero attached hydrogens (tertiary/aromatic N) is 2. The molecule has 0 amide bonds. The third kappa shape index (κ3) is 3.36. The molecule has 3 rings (SSSR count). The number of hydrogen-bond acceptors (Lipinski definition) is 3. The van der Waals surface area contributed by atoms with Gasteiger partial charge in [0, 0.05) is 23.3 Å². The van der Waals surface area contributed by atoms with Gasteiger partial charge in [-0.25, -0.2) is 4.98 Å². The lowest BCUT2D eigenvalue weighted by molar-refractivity contribution is -0.297. The van der Waals surface area contributed by atoms with Crippen molar-refractivity contribution >= 4 is 34.5 Å². The molecule has 0 unspecified atom stereocenters. The molecule has 2 aromatic heterocycles. The number of carboxylic acid groups (broad SMARTS) is 1. The van der Waals surface area contributed by atoms with E-state index in [1.54, 1.807) is 30.5 Å². The lowest BCUT2D eigenvalue weighted by atomic mass is 10.1. The van der Waals surface area contributed by atoms with Gasteiger partial charge in [0.05, 0.1) is 22.1 Å². The van der Waals surface area contributed by atoms with Gasteiger partial charge in [-0.3, -0.25) is 4.57 Å². The molecular weight excluding hydrogens is 357 g/mol. The average Bonchev–Trinajstić information content (AvgIpc) is 2.91. The molecule has 3 aromatic rings. The van der Waals surface area contributed by atoms with E-state index < -0.39 is 17.7 Å². The number of rotatable bonds is 3. The van der Waals surface area contributed by atoms with E-state index in [0.29, 0.717) is 22.7 Å². The maximum atomic E-state index is 12.8. The van der Waals surface area contributed by atoms with Crippen molar-refractivity contribution in [3.05, 3.63) is 65.0 Å². The Labute approximate surface area is 144 Å². The van der Waals surface area contributed by atoms with E-state index in [-0.39, 0.29) is 10.8 Å². The Hall–Kier alpha value is -2.80. The van der Waals surface area contributed by atoms with Crippen LogP contribution in [0.1, 0.15) is 11.1 Å². The Morgan fingerprint density at radius 2 is 2.00 bits per heavy atom. The molecular formula is C17H9ClF3N2O2-. The van der Waals surface area contributed by atoms with Crippen LogP contribution in [0.2, 0.25) is 5.02 Å². The molecule has 1 aromatic carbocycles. The van der Waals surface area contributed by atoms with E-state index in [0.717, 1.165) is 12.1 Å². The molecule has 8 heteroatoms. The Bertz CT molecular complexity index is 993. The first kappa shape index (κ1) is 17.0. The van der Waals surface area contributed by atoms with Crippen molar-refractivity contribution < 1.29 is 23.1 Å². The summed E-state index contributed by atoms with van der Waals surface area (Å²) in [6, 6.07) is 7.77. The number of fused-ring (bicyclic) bond motifs is 1. The zero-order valence-corrected chi connectivity index (χ0v) is 13.2. The zero-order valence-electron chi connectivity index (χ0n) is 12.4. The summed E-state index contributed by atoms with van der Waals surface area (Å²) in [5.41, 5.74) is 0.210. The van der Waals surface area contributed by atoms with E-state index in [2.05, 4.69) is 4.98 Å². The van der Waals surface area contributed by atoms with Crippen molar-refractivity contribution in [2.45, 2.75) is 6.18 Å². The molecule has 0 saturated carbocycles. The third-order valence-electron chi connectivity index (χ3n) is 3.52. The molecule has 0 saturated heterocycles. The summed E-state index contributed by atoms with van der Waals surface area (Å²) in [6.45, 7) is 0. The largest absolute Gasteiger partial charge is 0.545 e. The number of carbonyl (C=O) groups excluding carboxylic acids is 1. The van der Waals surface area contributed by atoms with Gasteiger partial charge >= 0.3 is 6.18 Å². The molecule has 0 aliphatic carbocycles. The van der Waals surface area contributed by atoms with Crippen LogP contribution < -0.4 is 5.11 Å². The third-order valence-corrected chi connectivity index (χ3v) is 3.80. The Morgan fingerprint density at radius 1 is 1.28 bits per heavy atom. The number of pyridine rings is 1. The summed E-state index contributed by atoms with van der Waals surface area (Å²) in [7, 11) is 0. The number of aliphatic carboxylic acids is 1. The highest BCUT2D eigenvalue weighted by Gasteiger charge is 2.31. The van der Waals surface area contributed by atoms with Crippen molar-refractivity contribution in [3.63, 3.8) is 0 Å². The minimum absolute atomic E-state index is 0.110. The van der Waals surface area contributed by atoms with Crippen LogP contribution in [0.4, 0.5) is 13.2 Å². The number of para-hydroxylation sites is 1. The maximum absolute atomic E-state index is 12.8. The lowest BCUT2D eigenvalue weighted by Gasteiger charge is -2.10. The predicted molar refractivity (Wildman–Crippen MR) is 85.1 cm³/mol. The van der Waals surface area contributed by atoms with Crippen molar-refractivity contribution in [3.8, 4) is 5.82 Å². The number of hydrogen-bond donors (Lipinski definition) is 0. The van der Waals surface area contributed by atoms with Gasteiger partial charge in [-0.2, -0.15) is 13.2 Å². The minimum atomic E-state index is -4.55. The van der Waals surface area contributed by atoms with E-state index in [1.807, 2.05) is 0 Å². The summed E-state index contributed by atoms with van der Waals surface area (Å²) >= 11 is 6.00. The van der Waals surface area contributed by atoms with Crippen LogP contribution in [0.25, 0.3) is 22.8 Å². The van der Waals surface area contributed by atoms with Crippen LogP contribution in [0.3, 0.4) is 0 Å². The number of carbonyl (C=O) groups is 1. The molecule has 0 bridgehead atoms. The maximum Gasteiger partial charge on any atom is 0.417 e. The van der Waals surface area contributed by atoms with Crippen LogP contribution >= 0.6 is 11.6 Å². The van der Waals surface area contributed by atoms with Crippen molar-refractivity contribution in [2.24, 2.45) is 0 Å². The quantitative estimate of drug-likeness (QED) is 0.668. The van der Waals surface area contributed by atoms with Gasteiger partial charge in [0.15, 0.2) is 5.82 Å². The van der Waals surface area contributed by atoms with E-state index in [9.17, 15) is 23.1 Å². The monoisotopic (exact) mass is 365 g/mol. The Balaban J connectivity index is 2.18. The lowest BCUT2D eigenvalue weighted by Crippen LogP contribution is -2.18. The summed E-state index contributed by atoms with van der Waals surface area (Å²) in [5, 5.41) is 11.1. The fraction of sp³-hybridized carbons (Fsp3) is 0.0588. The molecule has 4 nitrogen and oxygen atoms in total. The first-order valence-corrected chi connectivity index (χ1v) is 7.37. The highest BCUT2D eigenvalue weighted by molar-refractivity contribution is 6.32. The fourth-order valence-electron chi connectivity index (χ4n) is 2.43. The topological polar surface area (TPSA) is 57.9 Å². The van der Waals surface area contributed by atoms with Gasteiger partial charge in [-0.05, 0) is 18.2 Å². The molecule has 0 atom stereocenters. The SMILES string of the molecule is O=C([O-])/C=C/c1cn(-c2ncc(C(F)(F)F)cc2Cl)c2ccccc12. The summed E-state index contributed by atoms with van der Waals surface area (Å²) in [6.07, 6.45) is -0.0887. The van der Waals surface area contributed by atoms with Gasteiger partial charge in [0.2, 0.25) is 0 Å². The van der Waals surface area contributed by atoms with Gasteiger partial charge in [0.1, 0.15) is 0 Å². The zero-order chi connectivity index (χ0) is 18.2. The second kappa shape index (κ2) is 6.25. The van der Waals surface area contributed by atoms with E-state index >= 15 is 0 Å². The number of carboxylic acids is 1. The molecule has 0 aliphatic heterocycles. The second-order valence-electron chi connectivity index (χ2n) is 5.15. The smallest absolute Gasteiger partial charge is 0.417 e. The minimum Gasteiger partial charge on any atom is -0.545 e. The molecule has 0 aliphatic rings. The van der Waals surface area contributed by atoms with Crippen molar-refractivity contribution in [2.75, 3.05) is 0 Å².